The molecule has 0 unspecified atom stereocenters. The van der Waals surface area contributed by atoms with Gasteiger partial charge in [0.1, 0.15) is 11.6 Å². The van der Waals surface area contributed by atoms with E-state index in [4.69, 9.17) is 0 Å². The number of aromatic hydroxyl groups is 1. The van der Waals surface area contributed by atoms with Gasteiger partial charge in [-0.3, -0.25) is 9.59 Å². The lowest BCUT2D eigenvalue weighted by atomic mass is 10.1. The molecule has 5 nitrogen and oxygen atoms in total. The number of carbonyl (C=O) groups is 2. The lowest BCUT2D eigenvalue weighted by molar-refractivity contribution is -0.132. The summed E-state index contributed by atoms with van der Waals surface area (Å²) in [5, 5.41) is 9.51. The van der Waals surface area contributed by atoms with E-state index >= 15 is 0 Å². The third-order valence-corrected chi connectivity index (χ3v) is 5.13. The zero-order chi connectivity index (χ0) is 19.4. The van der Waals surface area contributed by atoms with E-state index in [1.165, 1.54) is 18.2 Å². The SMILES string of the molecule is O=C(CCc1ccc(Br)cc1F)N1CCN(C(=O)c2cccc(O)c2)CC1. The Kier molecular flexibility index (Phi) is 6.11. The third kappa shape index (κ3) is 4.86. The molecule has 0 aliphatic carbocycles. The summed E-state index contributed by atoms with van der Waals surface area (Å²) < 4.78 is 14.5. The molecule has 1 saturated heterocycles. The van der Waals surface area contributed by atoms with E-state index in [1.54, 1.807) is 34.1 Å². The van der Waals surface area contributed by atoms with Crippen LogP contribution in [-0.2, 0) is 11.2 Å². The second-order valence-corrected chi connectivity index (χ2v) is 7.37. The molecule has 0 spiro atoms. The third-order valence-electron chi connectivity index (χ3n) is 4.64. The maximum Gasteiger partial charge on any atom is 0.254 e. The van der Waals surface area contributed by atoms with Crippen LogP contribution in [0.15, 0.2) is 46.9 Å². The molecule has 7 heteroatoms. The standard InChI is InChI=1S/C20H20BrFN2O3/c21-16-6-4-14(18(22)13-16)5-7-19(26)23-8-10-24(11-9-23)20(27)15-2-1-3-17(25)12-15/h1-4,6,12-13,25H,5,7-11H2. The Balaban J connectivity index is 1.51. The van der Waals surface area contributed by atoms with Crippen LogP contribution in [0, 0.1) is 5.82 Å². The highest BCUT2D eigenvalue weighted by Gasteiger charge is 2.25. The molecule has 0 radical (unpaired) electrons. The number of halogens is 2. The van der Waals surface area contributed by atoms with Gasteiger partial charge < -0.3 is 14.9 Å². The number of benzene rings is 2. The summed E-state index contributed by atoms with van der Waals surface area (Å²) in [7, 11) is 0. The molecular formula is C20H20BrFN2O3. The largest absolute Gasteiger partial charge is 0.508 e. The fraction of sp³-hybridized carbons (Fsp3) is 0.300. The van der Waals surface area contributed by atoms with E-state index < -0.39 is 0 Å². The summed E-state index contributed by atoms with van der Waals surface area (Å²) in [6, 6.07) is 11.1. The Labute approximate surface area is 165 Å². The van der Waals surface area contributed by atoms with Crippen molar-refractivity contribution in [3.63, 3.8) is 0 Å². The van der Waals surface area contributed by atoms with Crippen LogP contribution in [0.5, 0.6) is 5.75 Å². The number of carbonyl (C=O) groups excluding carboxylic acids is 2. The van der Waals surface area contributed by atoms with Crippen LogP contribution in [0.1, 0.15) is 22.3 Å². The molecule has 1 aliphatic heterocycles. The Morgan fingerprint density at radius 2 is 1.74 bits per heavy atom. The summed E-state index contributed by atoms with van der Waals surface area (Å²) in [6.07, 6.45) is 0.583. The summed E-state index contributed by atoms with van der Waals surface area (Å²) in [5.41, 5.74) is 0.949. The average Bonchev–Trinajstić information content (AvgIpc) is 2.66. The van der Waals surface area contributed by atoms with Crippen molar-refractivity contribution in [3.8, 4) is 5.75 Å². The minimum absolute atomic E-state index is 0.0400. The average molecular weight is 435 g/mol. The molecule has 0 atom stereocenters. The van der Waals surface area contributed by atoms with Crippen molar-refractivity contribution < 1.29 is 19.1 Å². The van der Waals surface area contributed by atoms with E-state index in [0.29, 0.717) is 48.2 Å². The van der Waals surface area contributed by atoms with Gasteiger partial charge in [-0.2, -0.15) is 0 Å². The summed E-state index contributed by atoms with van der Waals surface area (Å²) in [6.45, 7) is 1.78. The molecule has 1 N–H and O–H groups in total. The highest BCUT2D eigenvalue weighted by Crippen LogP contribution is 2.18. The van der Waals surface area contributed by atoms with E-state index in [2.05, 4.69) is 15.9 Å². The van der Waals surface area contributed by atoms with E-state index in [-0.39, 0.29) is 29.8 Å². The monoisotopic (exact) mass is 434 g/mol. The Bertz CT molecular complexity index is 851. The van der Waals surface area contributed by atoms with Crippen LogP contribution >= 0.6 is 15.9 Å². The van der Waals surface area contributed by atoms with Gasteiger partial charge in [-0.1, -0.05) is 28.1 Å². The highest BCUT2D eigenvalue weighted by molar-refractivity contribution is 9.10. The van der Waals surface area contributed by atoms with Gasteiger partial charge >= 0.3 is 0 Å². The molecule has 1 aliphatic rings. The van der Waals surface area contributed by atoms with Crippen LogP contribution in [0.3, 0.4) is 0 Å². The molecule has 3 rings (SSSR count). The lowest BCUT2D eigenvalue weighted by Gasteiger charge is -2.35. The second-order valence-electron chi connectivity index (χ2n) is 6.46. The highest BCUT2D eigenvalue weighted by atomic mass is 79.9. The van der Waals surface area contributed by atoms with E-state index in [1.807, 2.05) is 0 Å². The van der Waals surface area contributed by atoms with Gasteiger partial charge in [0.05, 0.1) is 0 Å². The number of amides is 2. The van der Waals surface area contributed by atoms with Crippen LogP contribution < -0.4 is 0 Å². The van der Waals surface area contributed by atoms with Crippen molar-refractivity contribution in [1.29, 1.82) is 0 Å². The van der Waals surface area contributed by atoms with Gasteiger partial charge in [-0.25, -0.2) is 4.39 Å². The van der Waals surface area contributed by atoms with Crippen LogP contribution in [-0.4, -0.2) is 52.9 Å². The molecule has 142 valence electrons. The van der Waals surface area contributed by atoms with Gasteiger partial charge in [0.15, 0.2) is 0 Å². The fourth-order valence-corrected chi connectivity index (χ4v) is 3.44. The predicted molar refractivity (Wildman–Crippen MR) is 103 cm³/mol. The summed E-state index contributed by atoms with van der Waals surface area (Å²) >= 11 is 3.22. The summed E-state index contributed by atoms with van der Waals surface area (Å²) in [5.74, 6) is -0.467. The van der Waals surface area contributed by atoms with Crippen molar-refractivity contribution in [1.82, 2.24) is 9.80 Å². The molecule has 0 aromatic heterocycles. The van der Waals surface area contributed by atoms with Crippen molar-refractivity contribution in [2.24, 2.45) is 0 Å². The number of hydrogen-bond acceptors (Lipinski definition) is 3. The Hall–Kier alpha value is -2.41. The van der Waals surface area contributed by atoms with Gasteiger partial charge in [0.2, 0.25) is 5.91 Å². The van der Waals surface area contributed by atoms with Gasteiger partial charge in [0.25, 0.3) is 5.91 Å². The van der Waals surface area contributed by atoms with Crippen LogP contribution in [0.25, 0.3) is 0 Å². The summed E-state index contributed by atoms with van der Waals surface area (Å²) in [4.78, 5) is 28.3. The topological polar surface area (TPSA) is 60.9 Å². The first kappa shape index (κ1) is 19.4. The number of aryl methyl sites for hydroxylation is 1. The first-order valence-corrected chi connectivity index (χ1v) is 9.53. The van der Waals surface area contributed by atoms with Gasteiger partial charge in [-0.15, -0.1) is 0 Å². The molecule has 2 amide bonds. The molecular weight excluding hydrogens is 415 g/mol. The van der Waals surface area contributed by atoms with Crippen LogP contribution in [0.2, 0.25) is 0 Å². The molecule has 0 bridgehead atoms. The van der Waals surface area contributed by atoms with Gasteiger partial charge in [-0.05, 0) is 42.3 Å². The number of rotatable bonds is 4. The Morgan fingerprint density at radius 1 is 1.04 bits per heavy atom. The quantitative estimate of drug-likeness (QED) is 0.803. The zero-order valence-corrected chi connectivity index (χ0v) is 16.3. The molecule has 27 heavy (non-hydrogen) atoms. The number of piperazine rings is 1. The number of hydrogen-bond donors (Lipinski definition) is 1. The maximum atomic E-state index is 13.9. The molecule has 0 saturated carbocycles. The molecule has 2 aromatic rings. The second kappa shape index (κ2) is 8.52. The molecule has 1 heterocycles. The normalized spacial score (nSPS) is 14.3. The first-order chi connectivity index (χ1) is 12.9. The Morgan fingerprint density at radius 3 is 2.41 bits per heavy atom. The first-order valence-electron chi connectivity index (χ1n) is 8.74. The van der Waals surface area contributed by atoms with E-state index in [9.17, 15) is 19.1 Å². The van der Waals surface area contributed by atoms with Crippen molar-refractivity contribution in [2.75, 3.05) is 26.2 Å². The number of nitrogens with zero attached hydrogens (tertiary/aromatic N) is 2. The maximum absolute atomic E-state index is 13.9. The van der Waals surface area contributed by atoms with Crippen molar-refractivity contribution in [2.45, 2.75) is 12.8 Å². The van der Waals surface area contributed by atoms with Gasteiger partial charge in [0, 0.05) is 42.6 Å². The lowest BCUT2D eigenvalue weighted by Crippen LogP contribution is -2.50. The van der Waals surface area contributed by atoms with E-state index in [0.717, 1.165) is 0 Å². The smallest absolute Gasteiger partial charge is 0.254 e. The number of phenolic OH excluding ortho intramolecular Hbond substituents is 1. The van der Waals surface area contributed by atoms with Crippen molar-refractivity contribution in [3.05, 3.63) is 63.9 Å². The molecule has 1 fully saturated rings. The van der Waals surface area contributed by atoms with Crippen LogP contribution in [0.4, 0.5) is 4.39 Å². The fourth-order valence-electron chi connectivity index (χ4n) is 3.10. The zero-order valence-electron chi connectivity index (χ0n) is 14.7. The minimum Gasteiger partial charge on any atom is -0.508 e. The molecule has 2 aromatic carbocycles. The predicted octanol–water partition coefficient (Wildman–Crippen LogP) is 3.21. The minimum atomic E-state index is -0.321. The van der Waals surface area contributed by atoms with Crippen molar-refractivity contribution >= 4 is 27.7 Å². The number of phenols is 1.